The van der Waals surface area contributed by atoms with Crippen molar-refractivity contribution in [3.63, 3.8) is 0 Å². The molecule has 0 aliphatic carbocycles. The number of hydrogen-bond acceptors (Lipinski definition) is 5. The van der Waals surface area contributed by atoms with Crippen molar-refractivity contribution in [1.82, 2.24) is 9.88 Å². The Morgan fingerprint density at radius 3 is 2.70 bits per heavy atom. The van der Waals surface area contributed by atoms with Crippen LogP contribution in [0, 0.1) is 6.92 Å². The number of aryl methyl sites for hydroxylation is 1. The molecule has 0 saturated carbocycles. The molecule has 0 fully saturated rings. The molecular weight excluding hydrogens is 466 g/mol. The quantitative estimate of drug-likeness (QED) is 0.528. The van der Waals surface area contributed by atoms with Crippen molar-refractivity contribution < 1.29 is 14.3 Å². The number of nitrogens with zero attached hydrogens (tertiary/aromatic N) is 2. The van der Waals surface area contributed by atoms with E-state index in [1.807, 2.05) is 48.2 Å². The molecule has 0 unspecified atom stereocenters. The zero-order valence-corrected chi connectivity index (χ0v) is 19.4. The number of fused-ring (bicyclic) bond motifs is 1. The second kappa shape index (κ2) is 8.65. The van der Waals surface area contributed by atoms with Crippen molar-refractivity contribution in [2.75, 3.05) is 26.1 Å². The first-order chi connectivity index (χ1) is 14.5. The number of aromatic nitrogens is 1. The molecule has 1 N–H and O–H groups in total. The minimum Gasteiger partial charge on any atom is -0.493 e. The van der Waals surface area contributed by atoms with Crippen LogP contribution < -0.4 is 14.8 Å². The number of nitrogens with one attached hydrogen (secondary N) is 1. The third-order valence-corrected chi connectivity index (χ3v) is 7.08. The minimum absolute atomic E-state index is 0.0940. The predicted octanol–water partition coefficient (Wildman–Crippen LogP) is 5.49. The van der Waals surface area contributed by atoms with E-state index in [4.69, 9.17) is 14.5 Å². The fourth-order valence-corrected chi connectivity index (χ4v) is 4.75. The summed E-state index contributed by atoms with van der Waals surface area (Å²) in [6, 6.07) is 11.5. The first kappa shape index (κ1) is 20.7. The Balaban J connectivity index is 1.50. The maximum Gasteiger partial charge on any atom is 0.322 e. The number of halogens is 1. The van der Waals surface area contributed by atoms with Crippen LogP contribution in [0.1, 0.15) is 16.1 Å². The average Bonchev–Trinajstić information content (AvgIpc) is 3.19. The van der Waals surface area contributed by atoms with Gasteiger partial charge < -0.3 is 19.7 Å². The highest BCUT2D eigenvalue weighted by atomic mass is 79.9. The summed E-state index contributed by atoms with van der Waals surface area (Å²) >= 11 is 5.10. The monoisotopic (exact) mass is 487 g/mol. The highest BCUT2D eigenvalue weighted by molar-refractivity contribution is 9.10. The SMILES string of the molecule is COc1ccc(-c2nc3c(s2)CN(C(=O)Nc2ccc(Br)c(C)c2)CC3)cc1OC. The topological polar surface area (TPSA) is 63.7 Å². The summed E-state index contributed by atoms with van der Waals surface area (Å²) in [7, 11) is 3.24. The Labute approximate surface area is 188 Å². The van der Waals surface area contributed by atoms with Crippen molar-refractivity contribution >= 4 is 39.0 Å². The number of methoxy groups -OCH3 is 2. The van der Waals surface area contributed by atoms with Gasteiger partial charge in [-0.2, -0.15) is 0 Å². The van der Waals surface area contributed by atoms with E-state index >= 15 is 0 Å². The van der Waals surface area contributed by atoms with Crippen LogP contribution in [0.3, 0.4) is 0 Å². The average molecular weight is 488 g/mol. The number of carbonyl (C=O) groups is 1. The molecule has 0 spiro atoms. The van der Waals surface area contributed by atoms with Gasteiger partial charge in [-0.25, -0.2) is 9.78 Å². The van der Waals surface area contributed by atoms with Crippen molar-refractivity contribution in [2.45, 2.75) is 19.9 Å². The second-order valence-electron chi connectivity index (χ2n) is 7.02. The number of urea groups is 1. The van der Waals surface area contributed by atoms with E-state index in [2.05, 4.69) is 21.2 Å². The summed E-state index contributed by atoms with van der Waals surface area (Å²) in [4.78, 5) is 20.5. The van der Waals surface area contributed by atoms with E-state index in [1.165, 1.54) is 0 Å². The van der Waals surface area contributed by atoms with Gasteiger partial charge in [-0.3, -0.25) is 0 Å². The molecule has 6 nitrogen and oxygen atoms in total. The molecule has 1 aliphatic rings. The summed E-state index contributed by atoms with van der Waals surface area (Å²) < 4.78 is 11.7. The van der Waals surface area contributed by atoms with Crippen molar-refractivity contribution in [3.05, 3.63) is 57.0 Å². The van der Waals surface area contributed by atoms with Gasteiger partial charge in [0, 0.05) is 33.6 Å². The molecule has 2 aromatic carbocycles. The molecule has 3 aromatic rings. The van der Waals surface area contributed by atoms with Crippen LogP contribution in [-0.4, -0.2) is 36.7 Å². The number of rotatable bonds is 4. The molecule has 0 saturated heterocycles. The number of benzene rings is 2. The molecule has 0 atom stereocenters. The van der Waals surface area contributed by atoms with Crippen LogP contribution in [0.25, 0.3) is 10.6 Å². The number of thiazole rings is 1. The maximum atomic E-state index is 12.8. The maximum absolute atomic E-state index is 12.8. The number of hydrogen-bond donors (Lipinski definition) is 1. The molecule has 2 heterocycles. The summed E-state index contributed by atoms with van der Waals surface area (Å²) in [5.74, 6) is 1.36. The first-order valence-corrected chi connectivity index (χ1v) is 11.1. The predicted molar refractivity (Wildman–Crippen MR) is 123 cm³/mol. The van der Waals surface area contributed by atoms with Crippen molar-refractivity contribution in [3.8, 4) is 22.1 Å². The normalized spacial score (nSPS) is 13.0. The second-order valence-corrected chi connectivity index (χ2v) is 8.96. The fourth-order valence-electron chi connectivity index (χ4n) is 3.39. The lowest BCUT2D eigenvalue weighted by atomic mass is 10.1. The van der Waals surface area contributed by atoms with E-state index < -0.39 is 0 Å². The van der Waals surface area contributed by atoms with Crippen LogP contribution >= 0.6 is 27.3 Å². The molecular formula is C22H22BrN3O3S. The standard InChI is InChI=1S/C22H22BrN3O3S/c1-13-10-15(5-6-16(13)23)24-22(27)26-9-8-17-20(12-26)30-21(25-17)14-4-7-18(28-2)19(11-14)29-3/h4-7,10-11H,8-9,12H2,1-3H3,(H,24,27). The Bertz CT molecular complexity index is 1100. The number of carbonyl (C=O) groups excluding carboxylic acids is 1. The third-order valence-electron chi connectivity index (χ3n) is 5.06. The van der Waals surface area contributed by atoms with E-state index in [-0.39, 0.29) is 6.03 Å². The Morgan fingerprint density at radius 1 is 1.17 bits per heavy atom. The Hall–Kier alpha value is -2.58. The number of ether oxygens (including phenoxy) is 2. The van der Waals surface area contributed by atoms with Crippen LogP contribution in [0.5, 0.6) is 11.5 Å². The van der Waals surface area contributed by atoms with Crippen molar-refractivity contribution in [1.29, 1.82) is 0 Å². The number of anilines is 1. The highest BCUT2D eigenvalue weighted by Gasteiger charge is 2.25. The van der Waals surface area contributed by atoms with Crippen molar-refractivity contribution in [2.24, 2.45) is 0 Å². The van der Waals surface area contributed by atoms with Gasteiger partial charge in [0.15, 0.2) is 11.5 Å². The smallest absolute Gasteiger partial charge is 0.322 e. The van der Waals surface area contributed by atoms with E-state index in [9.17, 15) is 4.79 Å². The minimum atomic E-state index is -0.0940. The lowest BCUT2D eigenvalue weighted by Gasteiger charge is -2.26. The fraction of sp³-hybridized carbons (Fsp3) is 0.273. The molecule has 8 heteroatoms. The van der Waals surface area contributed by atoms with Gasteiger partial charge in [0.2, 0.25) is 0 Å². The van der Waals surface area contributed by atoms with Gasteiger partial charge in [0.05, 0.1) is 26.5 Å². The van der Waals surface area contributed by atoms with E-state index in [0.29, 0.717) is 24.6 Å². The molecule has 4 rings (SSSR count). The largest absolute Gasteiger partial charge is 0.493 e. The Kier molecular flexibility index (Phi) is 5.97. The molecule has 0 radical (unpaired) electrons. The Morgan fingerprint density at radius 2 is 1.97 bits per heavy atom. The third kappa shape index (κ3) is 4.15. The van der Waals surface area contributed by atoms with Gasteiger partial charge in [-0.05, 0) is 48.9 Å². The van der Waals surface area contributed by atoms with Gasteiger partial charge in [-0.15, -0.1) is 11.3 Å². The summed E-state index contributed by atoms with van der Waals surface area (Å²) in [6.45, 7) is 3.20. The van der Waals surface area contributed by atoms with Crippen LogP contribution in [0.15, 0.2) is 40.9 Å². The summed E-state index contributed by atoms with van der Waals surface area (Å²) in [5.41, 5.74) is 3.92. The number of amides is 2. The molecule has 1 aromatic heterocycles. The highest BCUT2D eigenvalue weighted by Crippen LogP contribution is 2.36. The van der Waals surface area contributed by atoms with Gasteiger partial charge in [0.25, 0.3) is 0 Å². The molecule has 2 amide bonds. The lowest BCUT2D eigenvalue weighted by molar-refractivity contribution is 0.207. The molecule has 30 heavy (non-hydrogen) atoms. The summed E-state index contributed by atoms with van der Waals surface area (Å²) in [5, 5.41) is 3.92. The van der Waals surface area contributed by atoms with Crippen LogP contribution in [-0.2, 0) is 13.0 Å². The van der Waals surface area contributed by atoms with E-state index in [1.54, 1.807) is 25.6 Å². The van der Waals surface area contributed by atoms with Gasteiger partial charge in [-0.1, -0.05) is 15.9 Å². The summed E-state index contributed by atoms with van der Waals surface area (Å²) in [6.07, 6.45) is 0.742. The van der Waals surface area contributed by atoms with Gasteiger partial charge in [0.1, 0.15) is 5.01 Å². The first-order valence-electron chi connectivity index (χ1n) is 9.51. The zero-order chi connectivity index (χ0) is 21.3. The zero-order valence-electron chi connectivity index (χ0n) is 17.0. The van der Waals surface area contributed by atoms with Gasteiger partial charge >= 0.3 is 6.03 Å². The van der Waals surface area contributed by atoms with Crippen LogP contribution in [0.4, 0.5) is 10.5 Å². The molecule has 0 bridgehead atoms. The molecule has 156 valence electrons. The lowest BCUT2D eigenvalue weighted by Crippen LogP contribution is -2.38. The van der Waals surface area contributed by atoms with Crippen LogP contribution in [0.2, 0.25) is 0 Å². The van der Waals surface area contributed by atoms with E-state index in [0.717, 1.165) is 43.3 Å². The molecule has 1 aliphatic heterocycles.